The van der Waals surface area contributed by atoms with E-state index in [0.29, 0.717) is 35.0 Å². The number of carbonyl (C=O) groups excluding carboxylic acids is 5. The Labute approximate surface area is 351 Å². The van der Waals surface area contributed by atoms with Crippen LogP contribution >= 0.6 is 0 Å². The van der Waals surface area contributed by atoms with Crippen LogP contribution in [0.15, 0.2) is 124 Å². The quantitative estimate of drug-likeness (QED) is 0.111. The predicted octanol–water partition coefficient (Wildman–Crippen LogP) is 5.34. The maximum atomic E-state index is 14.8. The van der Waals surface area contributed by atoms with Crippen LogP contribution in [0, 0.1) is 0 Å². The minimum Gasteiger partial charge on any atom is -0.469 e. The minimum atomic E-state index is -1.36. The number of rotatable bonds is 15. The molecule has 0 aliphatic carbocycles. The van der Waals surface area contributed by atoms with Gasteiger partial charge in [0.1, 0.15) is 18.5 Å². The summed E-state index contributed by atoms with van der Waals surface area (Å²) in [6.07, 6.45) is -2.33. The van der Waals surface area contributed by atoms with Gasteiger partial charge in [-0.1, -0.05) is 84.9 Å². The summed E-state index contributed by atoms with van der Waals surface area (Å²) in [6.45, 7) is 4.20. The van der Waals surface area contributed by atoms with E-state index in [1.54, 1.807) is 23.4 Å². The monoisotopic (exact) mass is 831 g/mol. The van der Waals surface area contributed by atoms with E-state index in [2.05, 4.69) is 0 Å². The number of hydrogen-bond acceptors (Lipinski definition) is 14. The van der Waals surface area contributed by atoms with Gasteiger partial charge in [-0.15, -0.1) is 0 Å². The van der Waals surface area contributed by atoms with Gasteiger partial charge in [0.05, 0.1) is 24.3 Å². The zero-order chi connectivity index (χ0) is 43.1. The number of fused-ring (bicyclic) bond motifs is 1. The van der Waals surface area contributed by atoms with E-state index < -0.39 is 60.1 Å². The Bertz CT molecular complexity index is 2330. The van der Waals surface area contributed by atoms with Gasteiger partial charge in [-0.05, 0) is 28.8 Å². The van der Waals surface area contributed by atoms with Crippen LogP contribution in [0.4, 0.5) is 0 Å². The van der Waals surface area contributed by atoms with Crippen molar-refractivity contribution in [1.82, 2.24) is 4.90 Å². The van der Waals surface area contributed by atoms with Crippen molar-refractivity contribution in [2.45, 2.75) is 89.8 Å². The first-order chi connectivity index (χ1) is 29.4. The number of ether oxygens (including phenoxy) is 6. The zero-order valence-corrected chi connectivity index (χ0v) is 34.1. The van der Waals surface area contributed by atoms with E-state index in [-0.39, 0.29) is 32.0 Å². The maximum absolute atomic E-state index is 14.8. The maximum Gasteiger partial charge on any atom is 0.303 e. The molecule has 1 aromatic heterocycles. The van der Waals surface area contributed by atoms with Crippen molar-refractivity contribution in [1.29, 1.82) is 0 Å². The summed E-state index contributed by atoms with van der Waals surface area (Å²) in [5.41, 5.74) is 3.39. The Hall–Kier alpha value is -6.71. The number of esters is 4. The molecule has 0 saturated carbocycles. The summed E-state index contributed by atoms with van der Waals surface area (Å²) in [5, 5.41) is 0. The van der Waals surface area contributed by atoms with Gasteiger partial charge in [-0.3, -0.25) is 28.9 Å². The topological polar surface area (TPSA) is 182 Å². The summed E-state index contributed by atoms with van der Waals surface area (Å²) in [6, 6.07) is 30.6. The van der Waals surface area contributed by atoms with Crippen molar-refractivity contribution >= 4 is 47.0 Å². The number of furan rings is 1. The van der Waals surface area contributed by atoms with Crippen LogP contribution in [0.2, 0.25) is 0 Å². The standard InChI is InChI=1S/C46H45N3O12/c1-28(50)56-27-39-40(58-29(2)51)41(59-30(3)52)42(60-31(4)53)44(61-39)57-26-34-19-17-33(18-20-34)23-46(24-36-16-11-21-55-36)45(54)49-25-38(35-14-9-6-10-15-35)47-37(43(49)48-46)22-32-12-7-5-8-13-32/h5-21,25,39-42,44H,22-24,26-27H2,1-4H3. The summed E-state index contributed by atoms with van der Waals surface area (Å²) in [5.74, 6) is -1.99. The molecule has 3 aromatic carbocycles. The summed E-state index contributed by atoms with van der Waals surface area (Å²) < 4.78 is 39.7. The second-order valence-corrected chi connectivity index (χ2v) is 14.9. The van der Waals surface area contributed by atoms with E-state index in [4.69, 9.17) is 42.8 Å². The fourth-order valence-corrected chi connectivity index (χ4v) is 7.54. The number of benzene rings is 3. The zero-order valence-electron chi connectivity index (χ0n) is 34.1. The van der Waals surface area contributed by atoms with Gasteiger partial charge >= 0.3 is 23.9 Å². The third-order valence-corrected chi connectivity index (χ3v) is 10.1. The Morgan fingerprint density at radius 2 is 1.34 bits per heavy atom. The predicted molar refractivity (Wildman–Crippen MR) is 218 cm³/mol. The molecule has 6 atom stereocenters. The number of amidine groups is 1. The average molecular weight is 832 g/mol. The van der Waals surface area contributed by atoms with Crippen LogP contribution in [0.25, 0.3) is 5.70 Å². The third-order valence-electron chi connectivity index (χ3n) is 10.1. The molecule has 15 nitrogen and oxygen atoms in total. The van der Waals surface area contributed by atoms with Crippen molar-refractivity contribution in [3.8, 4) is 0 Å². The number of nitrogens with zero attached hydrogens (tertiary/aromatic N) is 3. The van der Waals surface area contributed by atoms with Crippen LogP contribution in [0.3, 0.4) is 0 Å². The van der Waals surface area contributed by atoms with E-state index in [9.17, 15) is 24.0 Å². The van der Waals surface area contributed by atoms with Crippen LogP contribution in [0.1, 0.15) is 55.7 Å². The van der Waals surface area contributed by atoms with Crippen molar-refractivity contribution in [3.05, 3.63) is 138 Å². The van der Waals surface area contributed by atoms with E-state index in [0.717, 1.165) is 37.5 Å². The Balaban J connectivity index is 1.15. The fraction of sp³-hybridized carbons (Fsp3) is 0.326. The molecule has 0 spiro atoms. The van der Waals surface area contributed by atoms with E-state index in [1.807, 2.05) is 91.0 Å². The Morgan fingerprint density at radius 3 is 1.98 bits per heavy atom. The molecule has 15 heteroatoms. The van der Waals surface area contributed by atoms with Crippen LogP contribution in [-0.2, 0) is 78.3 Å². The Kier molecular flexibility index (Phi) is 13.0. The molecule has 4 heterocycles. The number of aliphatic imine (C=N–C) groups is 2. The van der Waals surface area contributed by atoms with Crippen LogP contribution in [-0.4, -0.2) is 89.1 Å². The van der Waals surface area contributed by atoms with E-state index >= 15 is 0 Å². The minimum absolute atomic E-state index is 0.0765. The summed E-state index contributed by atoms with van der Waals surface area (Å²) >= 11 is 0. The number of carbonyl (C=O) groups is 5. The molecule has 3 aliphatic rings. The first kappa shape index (κ1) is 42.4. The molecule has 1 amide bonds. The molecule has 4 aromatic rings. The summed E-state index contributed by atoms with van der Waals surface area (Å²) in [7, 11) is 0. The first-order valence-corrected chi connectivity index (χ1v) is 19.7. The highest BCUT2D eigenvalue weighted by Gasteiger charge is 2.53. The van der Waals surface area contributed by atoms with Gasteiger partial charge in [-0.25, -0.2) is 9.98 Å². The van der Waals surface area contributed by atoms with Crippen molar-refractivity contribution in [3.63, 3.8) is 0 Å². The summed E-state index contributed by atoms with van der Waals surface area (Å²) in [4.78, 5) is 75.1. The molecule has 1 saturated heterocycles. The fourth-order valence-electron chi connectivity index (χ4n) is 7.54. The molecule has 61 heavy (non-hydrogen) atoms. The van der Waals surface area contributed by atoms with Gasteiger partial charge in [0, 0.05) is 58.7 Å². The smallest absolute Gasteiger partial charge is 0.303 e. The molecular weight excluding hydrogens is 787 g/mol. The Morgan fingerprint density at radius 1 is 0.705 bits per heavy atom. The molecular formula is C46H45N3O12. The molecule has 6 unspecified atom stereocenters. The van der Waals surface area contributed by atoms with Crippen molar-refractivity contribution in [2.24, 2.45) is 9.98 Å². The SMILES string of the molecule is CC(=O)OCC1OC(OCc2ccc(CC3(Cc4ccco4)N=C4C(Cc5ccccc5)=NC(c5ccccc5)=CN4C3=O)cc2)C(OC(C)=O)C(OC(C)=O)C1OC(C)=O. The first-order valence-electron chi connectivity index (χ1n) is 19.7. The molecule has 0 bridgehead atoms. The van der Waals surface area contributed by atoms with Crippen LogP contribution in [0.5, 0.6) is 0 Å². The molecule has 1 fully saturated rings. The highest BCUT2D eigenvalue weighted by atomic mass is 16.7. The second-order valence-electron chi connectivity index (χ2n) is 14.9. The highest BCUT2D eigenvalue weighted by Crippen LogP contribution is 2.36. The number of amides is 1. The molecule has 316 valence electrons. The van der Waals surface area contributed by atoms with Crippen molar-refractivity contribution in [2.75, 3.05) is 6.61 Å². The molecule has 3 aliphatic heterocycles. The highest BCUT2D eigenvalue weighted by molar-refractivity contribution is 6.47. The van der Waals surface area contributed by atoms with Crippen LogP contribution < -0.4 is 0 Å². The lowest BCUT2D eigenvalue weighted by atomic mass is 9.86. The third kappa shape index (κ3) is 10.2. The normalized spacial score (nSPS) is 23.2. The van der Waals surface area contributed by atoms with Gasteiger partial charge in [0.2, 0.25) is 0 Å². The largest absolute Gasteiger partial charge is 0.469 e. The average Bonchev–Trinajstić information content (AvgIpc) is 3.84. The second kappa shape index (κ2) is 18.7. The van der Waals surface area contributed by atoms with E-state index in [1.165, 1.54) is 6.92 Å². The molecule has 0 N–H and O–H groups in total. The van der Waals surface area contributed by atoms with Gasteiger partial charge in [0.25, 0.3) is 5.91 Å². The van der Waals surface area contributed by atoms with Gasteiger partial charge in [0.15, 0.2) is 36.0 Å². The lowest BCUT2D eigenvalue weighted by Crippen LogP contribution is -2.62. The van der Waals surface area contributed by atoms with Gasteiger partial charge < -0.3 is 32.8 Å². The lowest BCUT2D eigenvalue weighted by molar-refractivity contribution is -0.310. The molecule has 7 rings (SSSR count). The number of hydrogen-bond donors (Lipinski definition) is 0. The van der Waals surface area contributed by atoms with Crippen molar-refractivity contribution < 1.29 is 56.8 Å². The lowest BCUT2D eigenvalue weighted by Gasteiger charge is -2.44. The van der Waals surface area contributed by atoms with Gasteiger partial charge in [-0.2, -0.15) is 0 Å². The molecule has 0 radical (unpaired) electrons.